The fraction of sp³-hybridized carbons (Fsp3) is 0.385. The van der Waals surface area contributed by atoms with E-state index < -0.39 is 16.0 Å². The quantitative estimate of drug-likeness (QED) is 0.830. The van der Waals surface area contributed by atoms with Crippen molar-refractivity contribution in [2.75, 3.05) is 11.8 Å². The van der Waals surface area contributed by atoms with Gasteiger partial charge in [0.15, 0.2) is 5.82 Å². The molecule has 120 valence electrons. The molecule has 2 aromatic rings. The topological polar surface area (TPSA) is 101 Å². The van der Waals surface area contributed by atoms with E-state index in [9.17, 15) is 13.2 Å². The molecule has 0 saturated carbocycles. The summed E-state index contributed by atoms with van der Waals surface area (Å²) in [5, 5.41) is 8.26. The third kappa shape index (κ3) is 3.30. The number of anilines is 1. The van der Waals surface area contributed by atoms with E-state index in [4.69, 9.17) is 0 Å². The Balaban J connectivity index is 2.31. The van der Waals surface area contributed by atoms with Crippen molar-refractivity contribution in [1.29, 1.82) is 0 Å². The van der Waals surface area contributed by atoms with Crippen molar-refractivity contribution < 1.29 is 17.9 Å². The lowest BCUT2D eigenvalue weighted by Crippen LogP contribution is -2.16. The van der Waals surface area contributed by atoms with E-state index in [-0.39, 0.29) is 21.0 Å². The number of carbonyl (C=O) groups is 1. The maximum absolute atomic E-state index is 12.4. The van der Waals surface area contributed by atoms with Crippen molar-refractivity contribution in [3.63, 3.8) is 0 Å². The second kappa shape index (κ2) is 5.73. The number of sulfonamides is 1. The van der Waals surface area contributed by atoms with Crippen LogP contribution in [-0.4, -0.2) is 31.7 Å². The van der Waals surface area contributed by atoms with E-state index in [1.54, 1.807) is 6.07 Å². The predicted molar refractivity (Wildman–Crippen MR) is 83.8 cm³/mol. The van der Waals surface area contributed by atoms with Crippen LogP contribution in [0.3, 0.4) is 0 Å². The molecule has 0 radical (unpaired) electrons. The SMILES string of the molecule is COC(=O)c1sccc1S(=O)(=O)Nc1cc(C(C)(C)C)[nH]n1. The monoisotopic (exact) mass is 343 g/mol. The summed E-state index contributed by atoms with van der Waals surface area (Å²) in [4.78, 5) is 11.5. The van der Waals surface area contributed by atoms with Gasteiger partial charge in [-0.1, -0.05) is 20.8 Å². The highest BCUT2D eigenvalue weighted by Crippen LogP contribution is 2.26. The lowest BCUT2D eigenvalue weighted by atomic mass is 9.92. The molecule has 0 aromatic carbocycles. The number of nitrogens with one attached hydrogen (secondary N) is 2. The predicted octanol–water partition coefficient (Wildman–Crippen LogP) is 2.36. The average Bonchev–Trinajstić information content (AvgIpc) is 3.04. The van der Waals surface area contributed by atoms with Crippen LogP contribution in [0.25, 0.3) is 0 Å². The molecule has 0 aliphatic rings. The van der Waals surface area contributed by atoms with Gasteiger partial charge in [0.25, 0.3) is 10.0 Å². The molecule has 22 heavy (non-hydrogen) atoms. The van der Waals surface area contributed by atoms with Crippen LogP contribution in [0.5, 0.6) is 0 Å². The van der Waals surface area contributed by atoms with Gasteiger partial charge in [-0.25, -0.2) is 13.2 Å². The first-order valence-corrected chi connectivity index (χ1v) is 8.76. The van der Waals surface area contributed by atoms with Crippen LogP contribution in [0.4, 0.5) is 5.82 Å². The molecule has 2 heterocycles. The first-order chi connectivity index (χ1) is 10.1. The molecule has 0 aliphatic carbocycles. The lowest BCUT2D eigenvalue weighted by molar-refractivity contribution is 0.0602. The van der Waals surface area contributed by atoms with Crippen LogP contribution in [0.15, 0.2) is 22.4 Å². The van der Waals surface area contributed by atoms with E-state index in [2.05, 4.69) is 19.7 Å². The Bertz CT molecular complexity index is 784. The molecule has 0 atom stereocenters. The van der Waals surface area contributed by atoms with Crippen molar-refractivity contribution in [2.24, 2.45) is 0 Å². The number of H-pyrrole nitrogens is 1. The van der Waals surface area contributed by atoms with Gasteiger partial charge < -0.3 is 4.74 Å². The van der Waals surface area contributed by atoms with Crippen LogP contribution in [0.2, 0.25) is 0 Å². The summed E-state index contributed by atoms with van der Waals surface area (Å²) in [6.45, 7) is 5.94. The van der Waals surface area contributed by atoms with E-state index in [0.29, 0.717) is 0 Å². The molecular weight excluding hydrogens is 326 g/mol. The van der Waals surface area contributed by atoms with Gasteiger partial charge in [0.1, 0.15) is 9.77 Å². The Morgan fingerprint density at radius 3 is 2.64 bits per heavy atom. The number of aromatic amines is 1. The number of thiophene rings is 1. The number of ether oxygens (including phenoxy) is 1. The summed E-state index contributed by atoms with van der Waals surface area (Å²) < 4.78 is 31.7. The second-order valence-electron chi connectivity index (χ2n) is 5.63. The van der Waals surface area contributed by atoms with E-state index >= 15 is 0 Å². The van der Waals surface area contributed by atoms with Crippen molar-refractivity contribution >= 4 is 33.1 Å². The van der Waals surface area contributed by atoms with Crippen molar-refractivity contribution in [3.05, 3.63) is 28.1 Å². The fourth-order valence-electron chi connectivity index (χ4n) is 1.70. The summed E-state index contributed by atoms with van der Waals surface area (Å²) in [5.41, 5.74) is 0.611. The number of methoxy groups -OCH3 is 1. The molecule has 0 fully saturated rings. The number of hydrogen-bond acceptors (Lipinski definition) is 6. The Morgan fingerprint density at radius 1 is 1.41 bits per heavy atom. The van der Waals surface area contributed by atoms with Crippen LogP contribution >= 0.6 is 11.3 Å². The number of aromatic nitrogens is 2. The second-order valence-corrected chi connectivity index (χ2v) is 8.19. The zero-order chi connectivity index (χ0) is 16.5. The van der Waals surface area contributed by atoms with Crippen molar-refractivity contribution in [2.45, 2.75) is 31.1 Å². The molecule has 0 saturated heterocycles. The number of rotatable bonds is 4. The Labute approximate surface area is 132 Å². The fourth-order valence-corrected chi connectivity index (χ4v) is 4.03. The highest BCUT2D eigenvalue weighted by atomic mass is 32.2. The normalized spacial score (nSPS) is 12.2. The number of carbonyl (C=O) groups excluding carboxylic acids is 1. The first kappa shape index (κ1) is 16.5. The summed E-state index contributed by atoms with van der Waals surface area (Å²) in [5.74, 6) is -0.514. The first-order valence-electron chi connectivity index (χ1n) is 6.39. The number of hydrogen-bond donors (Lipinski definition) is 2. The molecule has 2 aromatic heterocycles. The molecule has 7 nitrogen and oxygen atoms in total. The van der Waals surface area contributed by atoms with Crippen LogP contribution < -0.4 is 4.72 Å². The number of nitrogens with zero attached hydrogens (tertiary/aromatic N) is 1. The molecule has 0 unspecified atom stereocenters. The summed E-state index contributed by atoms with van der Waals surface area (Å²) in [6.07, 6.45) is 0. The molecular formula is C13H17N3O4S2. The zero-order valence-corrected chi connectivity index (χ0v) is 14.3. The average molecular weight is 343 g/mol. The molecule has 9 heteroatoms. The minimum Gasteiger partial charge on any atom is -0.465 e. The molecule has 0 spiro atoms. The van der Waals surface area contributed by atoms with Crippen LogP contribution in [0.1, 0.15) is 36.1 Å². The number of esters is 1. The summed E-state index contributed by atoms with van der Waals surface area (Å²) >= 11 is 1.01. The standard InChI is InChI=1S/C13H17N3O4S2/c1-13(2,3)9-7-10(15-14-9)16-22(18,19)8-5-6-21-11(8)12(17)20-4/h5-7H,1-4H3,(H2,14,15,16). The minimum absolute atomic E-state index is 0.0292. The highest BCUT2D eigenvalue weighted by molar-refractivity contribution is 7.93. The zero-order valence-electron chi connectivity index (χ0n) is 12.6. The third-order valence-electron chi connectivity index (χ3n) is 2.91. The van der Waals surface area contributed by atoms with Crippen molar-refractivity contribution in [1.82, 2.24) is 10.2 Å². The lowest BCUT2D eigenvalue weighted by Gasteiger charge is -2.14. The van der Waals surface area contributed by atoms with Gasteiger partial charge in [0.05, 0.1) is 7.11 Å². The van der Waals surface area contributed by atoms with Gasteiger partial charge in [-0.3, -0.25) is 9.82 Å². The van der Waals surface area contributed by atoms with Gasteiger partial charge in [-0.05, 0) is 11.4 Å². The van der Waals surface area contributed by atoms with Crippen LogP contribution in [-0.2, 0) is 20.2 Å². The Hall–Kier alpha value is -1.87. The molecule has 2 rings (SSSR count). The maximum Gasteiger partial charge on any atom is 0.349 e. The van der Waals surface area contributed by atoms with Gasteiger partial charge in [-0.2, -0.15) is 5.10 Å². The minimum atomic E-state index is -3.91. The molecule has 0 bridgehead atoms. The van der Waals surface area contributed by atoms with Gasteiger partial charge >= 0.3 is 5.97 Å². The van der Waals surface area contributed by atoms with E-state index in [1.807, 2.05) is 20.8 Å². The van der Waals surface area contributed by atoms with E-state index in [1.165, 1.54) is 18.6 Å². The van der Waals surface area contributed by atoms with Gasteiger partial charge in [0, 0.05) is 17.2 Å². The van der Waals surface area contributed by atoms with Gasteiger partial charge in [0.2, 0.25) is 0 Å². The third-order valence-corrected chi connectivity index (χ3v) is 5.33. The Kier molecular flexibility index (Phi) is 4.30. The van der Waals surface area contributed by atoms with E-state index in [0.717, 1.165) is 17.0 Å². The summed E-state index contributed by atoms with van der Waals surface area (Å²) in [7, 11) is -2.71. The summed E-state index contributed by atoms with van der Waals surface area (Å²) in [6, 6.07) is 2.98. The Morgan fingerprint density at radius 2 is 2.09 bits per heavy atom. The largest absolute Gasteiger partial charge is 0.465 e. The van der Waals surface area contributed by atoms with Crippen molar-refractivity contribution in [3.8, 4) is 0 Å². The maximum atomic E-state index is 12.4. The highest BCUT2D eigenvalue weighted by Gasteiger charge is 2.26. The van der Waals surface area contributed by atoms with Gasteiger partial charge in [-0.15, -0.1) is 11.3 Å². The molecule has 2 N–H and O–H groups in total. The molecule has 0 amide bonds. The van der Waals surface area contributed by atoms with Crippen LogP contribution in [0, 0.1) is 0 Å². The smallest absolute Gasteiger partial charge is 0.349 e. The molecule has 0 aliphatic heterocycles.